The number of carbonyl (C=O) groups is 2. The second-order valence-electron chi connectivity index (χ2n) is 9.87. The van der Waals surface area contributed by atoms with Crippen LogP contribution < -0.4 is 15.8 Å². The number of amides is 2. The molecule has 1 aliphatic heterocycles. The van der Waals surface area contributed by atoms with Crippen LogP contribution >= 0.6 is 15.9 Å². The van der Waals surface area contributed by atoms with Crippen LogP contribution in [0.2, 0.25) is 0 Å². The molecule has 0 bridgehead atoms. The molecule has 4 rings (SSSR count). The molecule has 216 valence electrons. The van der Waals surface area contributed by atoms with Crippen molar-refractivity contribution in [3.63, 3.8) is 0 Å². The van der Waals surface area contributed by atoms with Gasteiger partial charge in [-0.05, 0) is 62.7 Å². The molecule has 2 aromatic carbocycles. The summed E-state index contributed by atoms with van der Waals surface area (Å²) in [5.41, 5.74) is 0.309. The molecule has 0 radical (unpaired) electrons. The van der Waals surface area contributed by atoms with E-state index in [1.54, 1.807) is 49.2 Å². The standard InChI is InChI=1S/C29H29BrF3N5O3/c1-6-16(2)36(5)28-35-24-15-37(26(40)19-9-12-23(30)22(14-19)29(31,32)33)17(3)13-21(24)27(41)38(28)20-10-7-18(8-11-20)25(39)34-4/h6-12,14,16-17H,1,13,15H2,2-5H3,(H,34,39)/t16-,17-/m1/s1. The summed E-state index contributed by atoms with van der Waals surface area (Å²) >= 11 is 2.91. The molecule has 12 heteroatoms. The van der Waals surface area contributed by atoms with Crippen molar-refractivity contribution in [3.8, 4) is 5.69 Å². The van der Waals surface area contributed by atoms with E-state index in [1.165, 1.54) is 28.6 Å². The quantitative estimate of drug-likeness (QED) is 0.388. The molecule has 2 amide bonds. The van der Waals surface area contributed by atoms with Crippen molar-refractivity contribution < 1.29 is 22.8 Å². The smallest absolute Gasteiger partial charge is 0.355 e. The van der Waals surface area contributed by atoms with E-state index in [0.717, 1.165) is 6.07 Å². The zero-order valence-corrected chi connectivity index (χ0v) is 24.5. The van der Waals surface area contributed by atoms with E-state index in [-0.39, 0.29) is 40.5 Å². The van der Waals surface area contributed by atoms with Gasteiger partial charge >= 0.3 is 6.18 Å². The first-order chi connectivity index (χ1) is 19.3. The van der Waals surface area contributed by atoms with Crippen LogP contribution in [0.25, 0.3) is 5.69 Å². The van der Waals surface area contributed by atoms with Crippen LogP contribution in [-0.2, 0) is 19.1 Å². The molecule has 0 spiro atoms. The molecular formula is C29H29BrF3N5O3. The maximum Gasteiger partial charge on any atom is 0.417 e. The van der Waals surface area contributed by atoms with E-state index in [0.29, 0.717) is 28.5 Å². The maximum absolute atomic E-state index is 14.0. The number of nitrogens with zero attached hydrogens (tertiary/aromatic N) is 4. The number of hydrogen-bond acceptors (Lipinski definition) is 5. The number of rotatable bonds is 6. The number of benzene rings is 2. The molecule has 0 saturated carbocycles. The van der Waals surface area contributed by atoms with Gasteiger partial charge in [0.25, 0.3) is 17.4 Å². The van der Waals surface area contributed by atoms with Gasteiger partial charge in [-0.15, -0.1) is 6.58 Å². The number of likely N-dealkylation sites (N-methyl/N-ethyl adjacent to an activating group) is 1. The Bertz CT molecular complexity index is 1570. The Hall–Kier alpha value is -3.93. The van der Waals surface area contributed by atoms with Crippen molar-refractivity contribution in [1.29, 1.82) is 0 Å². The summed E-state index contributed by atoms with van der Waals surface area (Å²) in [6.07, 6.45) is -2.79. The van der Waals surface area contributed by atoms with E-state index in [4.69, 9.17) is 4.98 Å². The Morgan fingerprint density at radius 3 is 2.41 bits per heavy atom. The van der Waals surface area contributed by atoms with Gasteiger partial charge in [0.1, 0.15) is 0 Å². The van der Waals surface area contributed by atoms with E-state index in [2.05, 4.69) is 27.8 Å². The van der Waals surface area contributed by atoms with Gasteiger partial charge < -0.3 is 15.1 Å². The van der Waals surface area contributed by atoms with E-state index in [1.807, 2.05) is 6.92 Å². The Balaban J connectivity index is 1.80. The van der Waals surface area contributed by atoms with Crippen molar-refractivity contribution in [2.24, 2.45) is 0 Å². The Kier molecular flexibility index (Phi) is 8.44. The number of anilines is 1. The number of nitrogens with one attached hydrogen (secondary N) is 1. The summed E-state index contributed by atoms with van der Waals surface area (Å²) in [5, 5.41) is 2.56. The summed E-state index contributed by atoms with van der Waals surface area (Å²) in [5.74, 6) is -0.568. The first-order valence-electron chi connectivity index (χ1n) is 12.8. The van der Waals surface area contributed by atoms with Crippen LogP contribution in [-0.4, -0.2) is 52.4 Å². The highest BCUT2D eigenvalue weighted by molar-refractivity contribution is 9.10. The van der Waals surface area contributed by atoms with Crippen molar-refractivity contribution >= 4 is 33.7 Å². The second-order valence-corrected chi connectivity index (χ2v) is 10.7. The van der Waals surface area contributed by atoms with Crippen molar-refractivity contribution in [1.82, 2.24) is 19.8 Å². The second kappa shape index (κ2) is 11.5. The van der Waals surface area contributed by atoms with Gasteiger partial charge in [0.05, 0.1) is 23.5 Å². The van der Waals surface area contributed by atoms with E-state index < -0.39 is 23.7 Å². The minimum atomic E-state index is -4.64. The maximum atomic E-state index is 14.0. The van der Waals surface area contributed by atoms with E-state index >= 15 is 0 Å². The molecule has 1 aromatic heterocycles. The predicted octanol–water partition coefficient (Wildman–Crippen LogP) is 4.97. The van der Waals surface area contributed by atoms with Gasteiger partial charge in [-0.25, -0.2) is 9.55 Å². The topological polar surface area (TPSA) is 87.5 Å². The molecule has 3 aromatic rings. The largest absolute Gasteiger partial charge is 0.417 e. The minimum Gasteiger partial charge on any atom is -0.355 e. The molecule has 8 nitrogen and oxygen atoms in total. The number of carbonyl (C=O) groups excluding carboxylic acids is 2. The summed E-state index contributed by atoms with van der Waals surface area (Å²) < 4.78 is 41.8. The van der Waals surface area contributed by atoms with Gasteiger partial charge in [0.15, 0.2) is 0 Å². The van der Waals surface area contributed by atoms with E-state index in [9.17, 15) is 27.6 Å². The lowest BCUT2D eigenvalue weighted by molar-refractivity contribution is -0.138. The highest BCUT2D eigenvalue weighted by Gasteiger charge is 2.36. The lowest BCUT2D eigenvalue weighted by Gasteiger charge is -2.36. The molecule has 2 atom stereocenters. The third-order valence-corrected chi connectivity index (χ3v) is 7.95. The van der Waals surface area contributed by atoms with Crippen molar-refractivity contribution in [2.75, 3.05) is 19.0 Å². The molecule has 0 fully saturated rings. The zero-order chi connectivity index (χ0) is 30.2. The van der Waals surface area contributed by atoms with Crippen LogP contribution in [0.1, 0.15) is 51.4 Å². The first kappa shape index (κ1) is 30.0. The third-order valence-electron chi connectivity index (χ3n) is 7.26. The van der Waals surface area contributed by atoms with Gasteiger partial charge in [0, 0.05) is 47.3 Å². The Morgan fingerprint density at radius 2 is 1.83 bits per heavy atom. The van der Waals surface area contributed by atoms with Crippen LogP contribution in [0.15, 0.2) is 64.4 Å². The van der Waals surface area contributed by atoms with Crippen LogP contribution in [0.4, 0.5) is 19.1 Å². The fraction of sp³-hybridized carbons (Fsp3) is 0.310. The molecule has 41 heavy (non-hydrogen) atoms. The van der Waals surface area contributed by atoms with Gasteiger partial charge in [-0.3, -0.25) is 14.4 Å². The lowest BCUT2D eigenvalue weighted by atomic mass is 9.98. The Morgan fingerprint density at radius 1 is 1.20 bits per heavy atom. The number of fused-ring (bicyclic) bond motifs is 1. The predicted molar refractivity (Wildman–Crippen MR) is 153 cm³/mol. The monoisotopic (exact) mass is 631 g/mol. The van der Waals surface area contributed by atoms with Gasteiger partial charge in [-0.2, -0.15) is 13.2 Å². The summed E-state index contributed by atoms with van der Waals surface area (Å²) in [4.78, 5) is 47.4. The summed E-state index contributed by atoms with van der Waals surface area (Å²) in [7, 11) is 3.28. The highest BCUT2D eigenvalue weighted by atomic mass is 79.9. The molecule has 1 aliphatic rings. The SMILES string of the molecule is C=C[C@@H](C)N(C)c1nc2c(c(=O)n1-c1ccc(C(=O)NC)cc1)C[C@@H](C)N(C(=O)c1ccc(Br)c(C(F)(F)F)c1)C2. The normalized spacial score (nSPS) is 15.6. The fourth-order valence-corrected chi connectivity index (χ4v) is 5.15. The average Bonchev–Trinajstić information content (AvgIpc) is 2.95. The molecule has 1 N–H and O–H groups in total. The number of hydrogen-bond donors (Lipinski definition) is 1. The minimum absolute atomic E-state index is 0.0538. The van der Waals surface area contributed by atoms with Gasteiger partial charge in [0.2, 0.25) is 5.95 Å². The van der Waals surface area contributed by atoms with Crippen molar-refractivity contribution in [2.45, 2.75) is 45.1 Å². The van der Waals surface area contributed by atoms with Crippen LogP contribution in [0, 0.1) is 0 Å². The third kappa shape index (κ3) is 5.79. The average molecular weight is 632 g/mol. The first-order valence-corrected chi connectivity index (χ1v) is 13.6. The molecule has 0 saturated heterocycles. The molecule has 0 unspecified atom stereocenters. The number of aromatic nitrogens is 2. The summed E-state index contributed by atoms with van der Waals surface area (Å²) in [6.45, 7) is 7.40. The molecule has 2 heterocycles. The fourth-order valence-electron chi connectivity index (χ4n) is 4.68. The van der Waals surface area contributed by atoms with Crippen molar-refractivity contribution in [3.05, 3.63) is 97.9 Å². The van der Waals surface area contributed by atoms with Crippen LogP contribution in [0.5, 0.6) is 0 Å². The zero-order valence-electron chi connectivity index (χ0n) is 22.9. The lowest BCUT2D eigenvalue weighted by Crippen LogP contribution is -2.46. The Labute approximate surface area is 243 Å². The summed E-state index contributed by atoms with van der Waals surface area (Å²) in [6, 6.07) is 9.19. The number of alkyl halides is 3. The molecular weight excluding hydrogens is 603 g/mol. The van der Waals surface area contributed by atoms with Crippen LogP contribution in [0.3, 0.4) is 0 Å². The van der Waals surface area contributed by atoms with Gasteiger partial charge in [-0.1, -0.05) is 22.0 Å². The highest BCUT2D eigenvalue weighted by Crippen LogP contribution is 2.36. The molecule has 0 aliphatic carbocycles. The number of halogens is 4.